The Morgan fingerprint density at radius 3 is 2.54 bits per heavy atom. The van der Waals surface area contributed by atoms with Crippen LogP contribution < -0.4 is 16.8 Å². The van der Waals surface area contributed by atoms with Crippen LogP contribution in [0.5, 0.6) is 0 Å². The second-order valence-electron chi connectivity index (χ2n) is 8.42. The van der Waals surface area contributed by atoms with Crippen LogP contribution in [0.25, 0.3) is 10.9 Å². The van der Waals surface area contributed by atoms with Crippen molar-refractivity contribution in [2.75, 3.05) is 11.9 Å². The van der Waals surface area contributed by atoms with Crippen molar-refractivity contribution < 1.29 is 24.3 Å². The predicted octanol–water partition coefficient (Wildman–Crippen LogP) is 3.31. The molecule has 0 saturated carbocycles. The molecule has 2 amide bonds. The quantitative estimate of drug-likeness (QED) is 0.188. The molecule has 4 rings (SSSR count). The molecule has 7 N–H and O–H groups in total. The van der Waals surface area contributed by atoms with E-state index in [1.807, 2.05) is 0 Å². The summed E-state index contributed by atoms with van der Waals surface area (Å²) in [5.41, 5.74) is 13.5. The van der Waals surface area contributed by atoms with E-state index in [0.717, 1.165) is 11.3 Å². The van der Waals surface area contributed by atoms with Crippen LogP contribution in [0.15, 0.2) is 53.9 Å². The Labute approximate surface area is 215 Å². The van der Waals surface area contributed by atoms with Gasteiger partial charge in [0.25, 0.3) is 5.91 Å². The van der Waals surface area contributed by atoms with Gasteiger partial charge in [0.05, 0.1) is 5.92 Å². The highest BCUT2D eigenvalue weighted by Crippen LogP contribution is 2.27. The largest absolute Gasteiger partial charge is 0.477 e. The van der Waals surface area contributed by atoms with Crippen molar-refractivity contribution in [3.63, 3.8) is 0 Å². The number of aromatic carboxylic acids is 1. The number of nitrogens with zero attached hydrogens (tertiary/aromatic N) is 1. The van der Waals surface area contributed by atoms with Gasteiger partial charge in [-0.25, -0.2) is 9.78 Å². The number of hydrogen-bond donors (Lipinski definition) is 5. The van der Waals surface area contributed by atoms with Gasteiger partial charge in [-0.1, -0.05) is 30.3 Å². The summed E-state index contributed by atoms with van der Waals surface area (Å²) in [7, 11) is 0. The lowest BCUT2D eigenvalue weighted by molar-refractivity contribution is -0.119. The lowest BCUT2D eigenvalue weighted by Gasteiger charge is -2.12. The number of hydrogen-bond acceptors (Lipinski definition) is 7. The molecule has 0 bridgehead atoms. The van der Waals surface area contributed by atoms with Crippen molar-refractivity contribution in [1.29, 1.82) is 0 Å². The van der Waals surface area contributed by atoms with Gasteiger partial charge in [0, 0.05) is 28.3 Å². The molecular weight excluding hydrogens is 494 g/mol. The van der Waals surface area contributed by atoms with Crippen molar-refractivity contribution >= 4 is 50.9 Å². The lowest BCUT2D eigenvalue weighted by Crippen LogP contribution is -2.24. The van der Waals surface area contributed by atoms with Crippen LogP contribution in [-0.4, -0.2) is 45.2 Å². The average molecular weight is 520 g/mol. The summed E-state index contributed by atoms with van der Waals surface area (Å²) in [6, 6.07) is 13.6. The Morgan fingerprint density at radius 2 is 1.86 bits per heavy atom. The van der Waals surface area contributed by atoms with E-state index in [-0.39, 0.29) is 28.7 Å². The molecule has 11 heteroatoms. The van der Waals surface area contributed by atoms with Crippen LogP contribution in [0.3, 0.4) is 0 Å². The molecule has 10 nitrogen and oxygen atoms in total. The highest BCUT2D eigenvalue weighted by molar-refractivity contribution is 7.14. The normalized spacial score (nSPS) is 11.8. The zero-order valence-corrected chi connectivity index (χ0v) is 20.5. The number of Topliss-reactive ketones (excluding diaryl/α,β-unsaturated/α-hetero) is 1. The first kappa shape index (κ1) is 25.7. The Hall–Kier alpha value is -4.35. The fraction of sp³-hybridized carbons (Fsp3) is 0.192. The van der Waals surface area contributed by atoms with Gasteiger partial charge in [-0.05, 0) is 48.7 Å². The summed E-state index contributed by atoms with van der Waals surface area (Å²) in [4.78, 5) is 56.4. The fourth-order valence-electron chi connectivity index (χ4n) is 4.10. The van der Waals surface area contributed by atoms with E-state index in [0.29, 0.717) is 47.0 Å². The number of thiazole rings is 1. The van der Waals surface area contributed by atoms with Crippen LogP contribution >= 0.6 is 11.3 Å². The van der Waals surface area contributed by atoms with Crippen molar-refractivity contribution in [3.05, 3.63) is 82.0 Å². The maximum absolute atomic E-state index is 12.9. The monoisotopic (exact) mass is 519 g/mol. The molecule has 190 valence electrons. The van der Waals surface area contributed by atoms with Gasteiger partial charge in [-0.2, -0.15) is 0 Å². The third-order valence-electron chi connectivity index (χ3n) is 5.96. The SMILES string of the molecule is NCCCc1c(C(=O)O)[nH]c2ccc(C(=O)Nc3nc(C(=O)CC(C(N)=O)c4ccccc4)cs3)cc12. The van der Waals surface area contributed by atoms with E-state index in [9.17, 15) is 24.3 Å². The zero-order chi connectivity index (χ0) is 26.5. The number of anilines is 1. The zero-order valence-electron chi connectivity index (χ0n) is 19.7. The molecule has 0 radical (unpaired) electrons. The number of nitrogens with one attached hydrogen (secondary N) is 2. The molecule has 1 atom stereocenters. The highest BCUT2D eigenvalue weighted by Gasteiger charge is 2.24. The summed E-state index contributed by atoms with van der Waals surface area (Å²) in [6.07, 6.45) is 0.912. The molecular formula is C26H25N5O5S. The van der Waals surface area contributed by atoms with E-state index < -0.39 is 23.7 Å². The fourth-order valence-corrected chi connectivity index (χ4v) is 4.81. The number of carboxylic acids is 1. The van der Waals surface area contributed by atoms with Crippen LogP contribution in [0.2, 0.25) is 0 Å². The number of carbonyl (C=O) groups is 4. The smallest absolute Gasteiger partial charge is 0.352 e. The molecule has 4 aromatic rings. The molecule has 2 heterocycles. The number of ketones is 1. The van der Waals surface area contributed by atoms with E-state index in [1.54, 1.807) is 48.5 Å². The molecule has 37 heavy (non-hydrogen) atoms. The van der Waals surface area contributed by atoms with E-state index >= 15 is 0 Å². The lowest BCUT2D eigenvalue weighted by atomic mass is 9.92. The summed E-state index contributed by atoms with van der Waals surface area (Å²) in [6.45, 7) is 0.405. The Bertz CT molecular complexity index is 1480. The van der Waals surface area contributed by atoms with Crippen LogP contribution in [0.1, 0.15) is 61.2 Å². The second kappa shape index (κ2) is 11.1. The van der Waals surface area contributed by atoms with Gasteiger partial charge >= 0.3 is 5.97 Å². The maximum atomic E-state index is 12.9. The molecule has 2 aromatic carbocycles. The third kappa shape index (κ3) is 5.74. The third-order valence-corrected chi connectivity index (χ3v) is 6.72. The van der Waals surface area contributed by atoms with E-state index in [2.05, 4.69) is 15.3 Å². The average Bonchev–Trinajstić information content (AvgIpc) is 3.50. The second-order valence-corrected chi connectivity index (χ2v) is 9.28. The van der Waals surface area contributed by atoms with Crippen LogP contribution in [0, 0.1) is 0 Å². The molecule has 1 unspecified atom stereocenters. The standard InChI is InChI=1S/C26H25N5O5S/c27-10-4-7-16-18-11-15(8-9-19(18)29-22(16)25(35)36)24(34)31-26-30-20(13-37-26)21(32)12-17(23(28)33)14-5-2-1-3-6-14/h1-3,5-6,8-9,11,13,17,29H,4,7,10,12,27H2,(H2,28,33)(H,35,36)(H,30,31,34). The minimum atomic E-state index is -1.08. The molecule has 0 saturated heterocycles. The van der Waals surface area contributed by atoms with Gasteiger partial charge in [0.2, 0.25) is 5.91 Å². The number of fused-ring (bicyclic) bond motifs is 1. The number of benzene rings is 2. The Balaban J connectivity index is 1.50. The molecule has 0 aliphatic rings. The number of nitrogens with two attached hydrogens (primary N) is 2. The number of aromatic amines is 1. The van der Waals surface area contributed by atoms with E-state index in [4.69, 9.17) is 11.5 Å². The first-order valence-corrected chi connectivity index (χ1v) is 12.4. The minimum Gasteiger partial charge on any atom is -0.477 e. The first-order valence-electron chi connectivity index (χ1n) is 11.5. The number of carboxylic acid groups (broad SMARTS) is 1. The summed E-state index contributed by atoms with van der Waals surface area (Å²) in [5, 5.41) is 14.6. The van der Waals surface area contributed by atoms with Crippen molar-refractivity contribution in [2.45, 2.75) is 25.2 Å². The maximum Gasteiger partial charge on any atom is 0.352 e. The Kier molecular flexibility index (Phi) is 7.75. The first-order chi connectivity index (χ1) is 17.8. The number of H-pyrrole nitrogens is 1. The molecule has 0 aliphatic carbocycles. The van der Waals surface area contributed by atoms with Crippen molar-refractivity contribution in [1.82, 2.24) is 9.97 Å². The molecule has 2 aromatic heterocycles. The summed E-state index contributed by atoms with van der Waals surface area (Å²) >= 11 is 1.08. The van der Waals surface area contributed by atoms with Gasteiger partial charge in [-0.3, -0.25) is 19.7 Å². The number of aryl methyl sites for hydroxylation is 1. The topological polar surface area (TPSA) is 181 Å². The number of primary amides is 1. The van der Waals surface area contributed by atoms with Gasteiger partial charge in [0.1, 0.15) is 11.4 Å². The molecule has 0 aliphatic heterocycles. The van der Waals surface area contributed by atoms with Gasteiger partial charge in [0.15, 0.2) is 10.9 Å². The minimum absolute atomic E-state index is 0.0776. The van der Waals surface area contributed by atoms with Crippen molar-refractivity contribution in [2.24, 2.45) is 11.5 Å². The van der Waals surface area contributed by atoms with Gasteiger partial charge < -0.3 is 21.6 Å². The molecule has 0 spiro atoms. The van der Waals surface area contributed by atoms with Crippen molar-refractivity contribution in [3.8, 4) is 0 Å². The number of aromatic nitrogens is 2. The van der Waals surface area contributed by atoms with Gasteiger partial charge in [-0.15, -0.1) is 11.3 Å². The van der Waals surface area contributed by atoms with Crippen LogP contribution in [-0.2, 0) is 11.2 Å². The number of rotatable bonds is 11. The molecule has 0 fully saturated rings. The van der Waals surface area contributed by atoms with Crippen LogP contribution in [0.4, 0.5) is 5.13 Å². The number of amides is 2. The Morgan fingerprint density at radius 1 is 1.11 bits per heavy atom. The predicted molar refractivity (Wildman–Crippen MR) is 140 cm³/mol. The van der Waals surface area contributed by atoms with E-state index in [1.165, 1.54) is 5.38 Å². The number of carbonyl (C=O) groups excluding carboxylic acids is 3. The summed E-state index contributed by atoms with van der Waals surface area (Å²) < 4.78 is 0. The highest BCUT2D eigenvalue weighted by atomic mass is 32.1. The summed E-state index contributed by atoms with van der Waals surface area (Å²) in [5.74, 6) is -3.31.